The first-order valence-corrected chi connectivity index (χ1v) is 5.21. The van der Waals surface area contributed by atoms with Crippen molar-refractivity contribution in [3.63, 3.8) is 0 Å². The SMILES string of the molecule is CC(CN)CNCC1(C)CCCO1. The minimum Gasteiger partial charge on any atom is -0.374 e. The van der Waals surface area contributed by atoms with Gasteiger partial charge in [0.25, 0.3) is 0 Å². The maximum atomic E-state index is 5.66. The molecule has 1 saturated heterocycles. The van der Waals surface area contributed by atoms with Crippen molar-refractivity contribution in [2.75, 3.05) is 26.2 Å². The fourth-order valence-electron chi connectivity index (χ4n) is 1.64. The second-order valence-corrected chi connectivity index (χ2v) is 4.37. The Morgan fingerprint density at radius 2 is 2.38 bits per heavy atom. The Balaban J connectivity index is 2.11. The monoisotopic (exact) mass is 186 g/mol. The standard InChI is InChI=1S/C10H22N2O/c1-9(6-11)7-12-8-10(2)4-3-5-13-10/h9,12H,3-8,11H2,1-2H3. The molecule has 0 aromatic rings. The minimum atomic E-state index is 0.0777. The first kappa shape index (κ1) is 11.0. The van der Waals surface area contributed by atoms with Gasteiger partial charge in [-0.3, -0.25) is 0 Å². The molecule has 1 aliphatic rings. The largest absolute Gasteiger partial charge is 0.374 e. The average molecular weight is 186 g/mol. The lowest BCUT2D eigenvalue weighted by Crippen LogP contribution is -2.39. The average Bonchev–Trinajstić information content (AvgIpc) is 2.52. The molecule has 78 valence electrons. The van der Waals surface area contributed by atoms with E-state index in [1.54, 1.807) is 0 Å². The van der Waals surface area contributed by atoms with Gasteiger partial charge in [-0.2, -0.15) is 0 Å². The summed E-state index contributed by atoms with van der Waals surface area (Å²) in [6, 6.07) is 0. The molecule has 0 saturated carbocycles. The highest BCUT2D eigenvalue weighted by molar-refractivity contribution is 4.82. The topological polar surface area (TPSA) is 47.3 Å². The van der Waals surface area contributed by atoms with Crippen molar-refractivity contribution in [3.05, 3.63) is 0 Å². The number of rotatable bonds is 5. The van der Waals surface area contributed by atoms with Crippen LogP contribution in [0.2, 0.25) is 0 Å². The van der Waals surface area contributed by atoms with E-state index in [1.807, 2.05) is 0 Å². The molecule has 3 heteroatoms. The van der Waals surface area contributed by atoms with Gasteiger partial charge in [0.2, 0.25) is 0 Å². The van der Waals surface area contributed by atoms with Crippen molar-refractivity contribution in [2.45, 2.75) is 32.3 Å². The molecule has 3 N–H and O–H groups in total. The molecular weight excluding hydrogens is 164 g/mol. The summed E-state index contributed by atoms with van der Waals surface area (Å²) in [5, 5.41) is 3.41. The van der Waals surface area contributed by atoms with Crippen molar-refractivity contribution >= 4 is 0 Å². The Morgan fingerprint density at radius 1 is 1.62 bits per heavy atom. The zero-order valence-corrected chi connectivity index (χ0v) is 8.81. The summed E-state index contributed by atoms with van der Waals surface area (Å²) in [6.45, 7) is 7.97. The van der Waals surface area contributed by atoms with E-state index in [0.29, 0.717) is 5.92 Å². The maximum absolute atomic E-state index is 5.66. The van der Waals surface area contributed by atoms with E-state index in [4.69, 9.17) is 10.5 Å². The van der Waals surface area contributed by atoms with Crippen LogP contribution < -0.4 is 11.1 Å². The van der Waals surface area contributed by atoms with Gasteiger partial charge in [0.15, 0.2) is 0 Å². The van der Waals surface area contributed by atoms with Gasteiger partial charge in [-0.05, 0) is 38.8 Å². The van der Waals surface area contributed by atoms with E-state index in [9.17, 15) is 0 Å². The van der Waals surface area contributed by atoms with Gasteiger partial charge in [0.1, 0.15) is 0 Å². The zero-order chi connectivity index (χ0) is 9.73. The molecule has 0 radical (unpaired) electrons. The highest BCUT2D eigenvalue weighted by atomic mass is 16.5. The molecule has 0 aliphatic carbocycles. The summed E-state index contributed by atoms with van der Waals surface area (Å²) >= 11 is 0. The summed E-state index contributed by atoms with van der Waals surface area (Å²) in [5.74, 6) is 0.560. The third-order valence-corrected chi connectivity index (χ3v) is 2.69. The quantitative estimate of drug-likeness (QED) is 0.666. The Kier molecular flexibility index (Phi) is 4.16. The fraction of sp³-hybridized carbons (Fsp3) is 1.00. The van der Waals surface area contributed by atoms with Crippen LogP contribution in [0.25, 0.3) is 0 Å². The molecule has 13 heavy (non-hydrogen) atoms. The Labute approximate surface area is 81.0 Å². The third-order valence-electron chi connectivity index (χ3n) is 2.69. The van der Waals surface area contributed by atoms with E-state index >= 15 is 0 Å². The molecule has 1 aliphatic heterocycles. The van der Waals surface area contributed by atoms with Gasteiger partial charge in [0.05, 0.1) is 5.60 Å². The van der Waals surface area contributed by atoms with Gasteiger partial charge in [-0.15, -0.1) is 0 Å². The van der Waals surface area contributed by atoms with Gasteiger partial charge in [-0.25, -0.2) is 0 Å². The van der Waals surface area contributed by atoms with Crippen LogP contribution in [0.1, 0.15) is 26.7 Å². The summed E-state index contributed by atoms with van der Waals surface area (Å²) in [4.78, 5) is 0. The molecule has 0 spiro atoms. The first-order chi connectivity index (χ1) is 6.16. The molecule has 3 nitrogen and oxygen atoms in total. The second kappa shape index (κ2) is 4.94. The van der Waals surface area contributed by atoms with Crippen molar-refractivity contribution in [1.82, 2.24) is 5.32 Å². The molecule has 2 unspecified atom stereocenters. The van der Waals surface area contributed by atoms with Crippen molar-refractivity contribution in [1.29, 1.82) is 0 Å². The summed E-state index contributed by atoms with van der Waals surface area (Å²) < 4.78 is 5.66. The molecule has 0 aromatic carbocycles. The van der Waals surface area contributed by atoms with Crippen LogP contribution in [-0.2, 0) is 4.74 Å². The fourth-order valence-corrected chi connectivity index (χ4v) is 1.64. The van der Waals surface area contributed by atoms with E-state index in [0.717, 1.165) is 26.2 Å². The molecule has 0 amide bonds. The van der Waals surface area contributed by atoms with E-state index < -0.39 is 0 Å². The molecule has 0 aromatic heterocycles. The van der Waals surface area contributed by atoms with E-state index in [2.05, 4.69) is 19.2 Å². The predicted octanol–water partition coefficient (Wildman–Crippen LogP) is 0.740. The predicted molar refractivity (Wildman–Crippen MR) is 54.7 cm³/mol. The molecule has 1 heterocycles. The van der Waals surface area contributed by atoms with Crippen LogP contribution in [0.4, 0.5) is 0 Å². The van der Waals surface area contributed by atoms with Crippen LogP contribution in [0.15, 0.2) is 0 Å². The lowest BCUT2D eigenvalue weighted by molar-refractivity contribution is 0.0205. The van der Waals surface area contributed by atoms with Crippen LogP contribution in [-0.4, -0.2) is 31.8 Å². The van der Waals surface area contributed by atoms with Gasteiger partial charge in [0, 0.05) is 13.2 Å². The molecule has 1 rings (SSSR count). The number of hydrogen-bond donors (Lipinski definition) is 2. The lowest BCUT2D eigenvalue weighted by atomic mass is 10.0. The highest BCUT2D eigenvalue weighted by Gasteiger charge is 2.28. The van der Waals surface area contributed by atoms with Crippen LogP contribution in [0.3, 0.4) is 0 Å². The summed E-state index contributed by atoms with van der Waals surface area (Å²) in [6.07, 6.45) is 2.38. The Hall–Kier alpha value is -0.120. The van der Waals surface area contributed by atoms with Crippen LogP contribution in [0.5, 0.6) is 0 Å². The number of hydrogen-bond acceptors (Lipinski definition) is 3. The maximum Gasteiger partial charge on any atom is 0.0779 e. The Morgan fingerprint density at radius 3 is 2.92 bits per heavy atom. The molecule has 0 bridgehead atoms. The van der Waals surface area contributed by atoms with Gasteiger partial charge >= 0.3 is 0 Å². The normalized spacial score (nSPS) is 30.7. The number of ether oxygens (including phenoxy) is 1. The first-order valence-electron chi connectivity index (χ1n) is 5.21. The number of nitrogens with two attached hydrogens (primary N) is 1. The van der Waals surface area contributed by atoms with Crippen LogP contribution >= 0.6 is 0 Å². The van der Waals surface area contributed by atoms with Crippen molar-refractivity contribution < 1.29 is 4.74 Å². The van der Waals surface area contributed by atoms with Crippen molar-refractivity contribution in [2.24, 2.45) is 11.7 Å². The van der Waals surface area contributed by atoms with E-state index in [1.165, 1.54) is 12.8 Å². The van der Waals surface area contributed by atoms with E-state index in [-0.39, 0.29) is 5.60 Å². The van der Waals surface area contributed by atoms with Gasteiger partial charge < -0.3 is 15.8 Å². The number of nitrogens with one attached hydrogen (secondary N) is 1. The summed E-state index contributed by atoms with van der Waals surface area (Å²) in [5.41, 5.74) is 5.61. The second-order valence-electron chi connectivity index (χ2n) is 4.37. The van der Waals surface area contributed by atoms with Gasteiger partial charge in [-0.1, -0.05) is 6.92 Å². The smallest absolute Gasteiger partial charge is 0.0779 e. The molecule has 2 atom stereocenters. The zero-order valence-electron chi connectivity index (χ0n) is 8.81. The molecular formula is C10H22N2O. The van der Waals surface area contributed by atoms with Crippen molar-refractivity contribution in [3.8, 4) is 0 Å². The third kappa shape index (κ3) is 3.63. The highest BCUT2D eigenvalue weighted by Crippen LogP contribution is 2.23. The summed E-state index contributed by atoms with van der Waals surface area (Å²) in [7, 11) is 0. The Bertz CT molecular complexity index is 144. The van der Waals surface area contributed by atoms with Crippen LogP contribution in [0, 0.1) is 5.92 Å². The minimum absolute atomic E-state index is 0.0777. The molecule has 1 fully saturated rings. The lowest BCUT2D eigenvalue weighted by Gasteiger charge is -2.24.